The van der Waals surface area contributed by atoms with Gasteiger partial charge in [0.2, 0.25) is 0 Å². The minimum Gasteiger partial charge on any atom is -0.493 e. The lowest BCUT2D eigenvalue weighted by Crippen LogP contribution is -2.42. The van der Waals surface area contributed by atoms with Gasteiger partial charge in [0.05, 0.1) is 25.5 Å². The first kappa shape index (κ1) is 27.1. The third kappa shape index (κ3) is 5.96. The van der Waals surface area contributed by atoms with E-state index in [0.29, 0.717) is 5.69 Å². The molecule has 1 atom stereocenters. The van der Waals surface area contributed by atoms with Gasteiger partial charge >= 0.3 is 12.0 Å². The molecule has 5 N–H and O–H groups in total. The summed E-state index contributed by atoms with van der Waals surface area (Å²) in [5, 5.41) is 18.9. The number of para-hydroxylation sites is 2. The maximum Gasteiger partial charge on any atom is 0.326 e. The number of aryl methyl sites for hydroxylation is 2. The molecule has 0 spiro atoms. The normalized spacial score (nSPS) is 11.5. The Kier molecular flexibility index (Phi) is 8.04. The van der Waals surface area contributed by atoms with Gasteiger partial charge < -0.3 is 35.5 Å². The number of hydrogen-bond donors (Lipinski definition) is 5. The first-order valence-corrected chi connectivity index (χ1v) is 12.2. The summed E-state index contributed by atoms with van der Waals surface area (Å²) in [6, 6.07) is 14.2. The van der Waals surface area contributed by atoms with Gasteiger partial charge in [-0.1, -0.05) is 36.4 Å². The number of benzene rings is 3. The number of amides is 3. The van der Waals surface area contributed by atoms with Crippen LogP contribution in [0.4, 0.5) is 16.2 Å². The van der Waals surface area contributed by atoms with E-state index in [9.17, 15) is 19.5 Å². The van der Waals surface area contributed by atoms with Crippen LogP contribution in [0.25, 0.3) is 10.9 Å². The first-order valence-electron chi connectivity index (χ1n) is 12.2. The van der Waals surface area contributed by atoms with Gasteiger partial charge in [0.1, 0.15) is 6.04 Å². The topological polar surface area (TPSA) is 142 Å². The Bertz CT molecular complexity index is 1520. The second-order valence-corrected chi connectivity index (χ2v) is 9.03. The molecule has 0 unspecified atom stereocenters. The third-order valence-electron chi connectivity index (χ3n) is 6.44. The predicted molar refractivity (Wildman–Crippen MR) is 149 cm³/mol. The molecule has 0 aliphatic heterocycles. The van der Waals surface area contributed by atoms with E-state index in [1.54, 1.807) is 6.20 Å². The lowest BCUT2D eigenvalue weighted by Gasteiger charge is -2.19. The molecule has 0 aliphatic rings. The van der Waals surface area contributed by atoms with Gasteiger partial charge in [-0.05, 0) is 42.7 Å². The molecule has 3 amide bonds. The number of carbonyl (C=O) groups is 3. The van der Waals surface area contributed by atoms with Crippen LogP contribution in [0.5, 0.6) is 11.5 Å². The Morgan fingerprint density at radius 2 is 1.59 bits per heavy atom. The standard InChI is InChI=1S/C29H30N4O6/c1-16-8-7-9-17(2)26(16)33-29(37)32-22-14-25(39-4)24(38-3)13-20(22)27(34)31-23(28(35)36)12-18-15-30-21-11-6-5-10-19(18)21/h5-11,13-15,23,30H,12H2,1-4H3,(H,31,34)(H,35,36)(H2,32,33,37)/t23-/m0/s1. The number of fused-ring (bicyclic) bond motifs is 1. The fraction of sp³-hybridized carbons (Fsp3) is 0.207. The number of aromatic nitrogens is 1. The van der Waals surface area contributed by atoms with Crippen LogP contribution in [0.2, 0.25) is 0 Å². The van der Waals surface area contributed by atoms with Gasteiger partial charge in [-0.25, -0.2) is 9.59 Å². The van der Waals surface area contributed by atoms with Gasteiger partial charge in [-0.2, -0.15) is 0 Å². The lowest BCUT2D eigenvalue weighted by molar-refractivity contribution is -0.139. The molecule has 1 heterocycles. The van der Waals surface area contributed by atoms with Crippen molar-refractivity contribution in [1.29, 1.82) is 0 Å². The molecule has 1 aromatic heterocycles. The minimum absolute atomic E-state index is 0.00878. The van der Waals surface area contributed by atoms with Crippen molar-refractivity contribution in [2.45, 2.75) is 26.3 Å². The van der Waals surface area contributed by atoms with E-state index < -0.39 is 23.9 Å². The molecule has 0 saturated heterocycles. The number of methoxy groups -OCH3 is 2. The zero-order valence-electron chi connectivity index (χ0n) is 22.0. The van der Waals surface area contributed by atoms with E-state index in [-0.39, 0.29) is 29.2 Å². The van der Waals surface area contributed by atoms with Crippen LogP contribution in [-0.2, 0) is 11.2 Å². The predicted octanol–water partition coefficient (Wildman–Crippen LogP) is 4.87. The molecule has 4 rings (SSSR count). The molecule has 3 aromatic carbocycles. The number of aliphatic carboxylic acids is 1. The molecule has 0 saturated carbocycles. The summed E-state index contributed by atoms with van der Waals surface area (Å²) in [7, 11) is 2.84. The van der Waals surface area contributed by atoms with Crippen LogP contribution in [0.1, 0.15) is 27.0 Å². The van der Waals surface area contributed by atoms with Crippen LogP contribution >= 0.6 is 0 Å². The highest BCUT2D eigenvalue weighted by Crippen LogP contribution is 2.34. The molecule has 0 radical (unpaired) electrons. The van der Waals surface area contributed by atoms with Crippen molar-refractivity contribution < 1.29 is 29.0 Å². The Hall–Kier alpha value is -4.99. The van der Waals surface area contributed by atoms with Crippen molar-refractivity contribution in [3.8, 4) is 11.5 Å². The maximum atomic E-state index is 13.4. The average molecular weight is 531 g/mol. The average Bonchev–Trinajstić information content (AvgIpc) is 3.32. The Morgan fingerprint density at radius 3 is 2.26 bits per heavy atom. The number of carboxylic acid groups (broad SMARTS) is 1. The van der Waals surface area contributed by atoms with E-state index in [4.69, 9.17) is 9.47 Å². The highest BCUT2D eigenvalue weighted by Gasteiger charge is 2.26. The number of ether oxygens (including phenoxy) is 2. The number of anilines is 2. The number of rotatable bonds is 9. The van der Waals surface area contributed by atoms with E-state index in [1.165, 1.54) is 26.4 Å². The highest BCUT2D eigenvalue weighted by molar-refractivity contribution is 6.08. The van der Waals surface area contributed by atoms with Crippen molar-refractivity contribution in [3.63, 3.8) is 0 Å². The number of nitrogens with one attached hydrogen (secondary N) is 4. The van der Waals surface area contributed by atoms with Crippen LogP contribution in [-0.4, -0.2) is 48.3 Å². The van der Waals surface area contributed by atoms with Crippen molar-refractivity contribution in [3.05, 3.63) is 83.0 Å². The number of carboxylic acids is 1. The van der Waals surface area contributed by atoms with Crippen molar-refractivity contribution in [2.75, 3.05) is 24.9 Å². The summed E-state index contributed by atoms with van der Waals surface area (Å²) in [4.78, 5) is 41.6. The summed E-state index contributed by atoms with van der Waals surface area (Å²) in [5.74, 6) is -1.38. The molecule has 10 nitrogen and oxygen atoms in total. The molecular weight excluding hydrogens is 500 g/mol. The van der Waals surface area contributed by atoms with Gasteiger partial charge in [-0.15, -0.1) is 0 Å². The lowest BCUT2D eigenvalue weighted by atomic mass is 10.0. The summed E-state index contributed by atoms with van der Waals surface area (Å²) in [6.07, 6.45) is 1.78. The molecule has 39 heavy (non-hydrogen) atoms. The largest absolute Gasteiger partial charge is 0.493 e. The van der Waals surface area contributed by atoms with Gasteiger partial charge in [0.25, 0.3) is 5.91 Å². The van der Waals surface area contributed by atoms with Crippen LogP contribution in [0.15, 0.2) is 60.8 Å². The Labute approximate surface area is 225 Å². The summed E-state index contributed by atoms with van der Waals surface area (Å²) >= 11 is 0. The SMILES string of the molecule is COc1cc(NC(=O)Nc2c(C)cccc2C)c(C(=O)N[C@@H](Cc2c[nH]c3ccccc23)C(=O)O)cc1OC. The zero-order chi connectivity index (χ0) is 28.1. The molecule has 202 valence electrons. The quantitative estimate of drug-likeness (QED) is 0.209. The zero-order valence-corrected chi connectivity index (χ0v) is 22.0. The number of aromatic amines is 1. The van der Waals surface area contributed by atoms with Crippen molar-refractivity contribution >= 4 is 40.2 Å². The summed E-state index contributed by atoms with van der Waals surface area (Å²) < 4.78 is 10.7. The maximum absolute atomic E-state index is 13.4. The fourth-order valence-corrected chi connectivity index (χ4v) is 4.41. The molecule has 0 fully saturated rings. The first-order chi connectivity index (χ1) is 18.7. The highest BCUT2D eigenvalue weighted by atomic mass is 16.5. The van der Waals surface area contributed by atoms with Crippen molar-refractivity contribution in [1.82, 2.24) is 10.3 Å². The van der Waals surface area contributed by atoms with Gasteiger partial charge in [-0.3, -0.25) is 4.79 Å². The third-order valence-corrected chi connectivity index (χ3v) is 6.44. The van der Waals surface area contributed by atoms with Gasteiger partial charge in [0.15, 0.2) is 11.5 Å². The van der Waals surface area contributed by atoms with E-state index in [2.05, 4.69) is 20.9 Å². The summed E-state index contributed by atoms with van der Waals surface area (Å²) in [6.45, 7) is 3.75. The molecule has 10 heteroatoms. The number of H-pyrrole nitrogens is 1. The van der Waals surface area contributed by atoms with Crippen LogP contribution in [0, 0.1) is 13.8 Å². The monoisotopic (exact) mass is 530 g/mol. The Morgan fingerprint density at radius 1 is 0.923 bits per heavy atom. The second kappa shape index (κ2) is 11.6. The number of urea groups is 1. The molecule has 4 aromatic rings. The van der Waals surface area contributed by atoms with E-state index in [0.717, 1.165) is 27.6 Å². The van der Waals surface area contributed by atoms with Crippen molar-refractivity contribution in [2.24, 2.45) is 0 Å². The molecule has 0 bridgehead atoms. The van der Waals surface area contributed by atoms with Crippen LogP contribution in [0.3, 0.4) is 0 Å². The Balaban J connectivity index is 1.62. The number of hydrogen-bond acceptors (Lipinski definition) is 5. The van der Waals surface area contributed by atoms with E-state index >= 15 is 0 Å². The molecule has 0 aliphatic carbocycles. The molecular formula is C29H30N4O6. The second-order valence-electron chi connectivity index (χ2n) is 9.03. The van der Waals surface area contributed by atoms with Gasteiger partial charge in [0, 0.05) is 35.3 Å². The smallest absolute Gasteiger partial charge is 0.326 e. The minimum atomic E-state index is -1.24. The van der Waals surface area contributed by atoms with Crippen LogP contribution < -0.4 is 25.4 Å². The van der Waals surface area contributed by atoms with E-state index in [1.807, 2.05) is 56.3 Å². The summed E-state index contributed by atoms with van der Waals surface area (Å²) in [5.41, 5.74) is 4.13. The fourth-order valence-electron chi connectivity index (χ4n) is 4.41. The number of carbonyl (C=O) groups excluding carboxylic acids is 2.